The topological polar surface area (TPSA) is 247 Å². The SMILES string of the molecule is C.C.C.C.CC1=NC=CC1.CCc1ccccn1.CN1CCCC1.CN1CCCCC1.CN1CCOCC1.Cc1c[nH]c2ccccc12.Cc1c[nH]c2ncccc12.Cc1ccccc1.Cc1ccn[nH]1.Cc1ccoc1.Cc1ccsc1.Cc1nc2ccccc2[nH]1.Cc1ncco1.Cc1nccs1.Cn1ccnc1.Cn1cncn1. The molecule has 636 valence electrons. The number of likely N-dealkylation sites (N-methyl/N-ethyl adjacent to an activating group) is 1. The van der Waals surface area contributed by atoms with Crippen LogP contribution in [0, 0.1) is 62.3 Å². The van der Waals surface area contributed by atoms with Gasteiger partial charge in [-0.1, -0.05) is 121 Å². The van der Waals surface area contributed by atoms with Crippen molar-refractivity contribution in [3.8, 4) is 0 Å². The molecule has 3 saturated heterocycles. The average Bonchev–Trinajstić information content (AvgIpc) is 1.68. The Morgan fingerprint density at radius 2 is 1.16 bits per heavy atom. The number of ether oxygens (including phenoxy) is 1. The van der Waals surface area contributed by atoms with Crippen molar-refractivity contribution in [1.29, 1.82) is 0 Å². The number of thiophene rings is 1. The quantitative estimate of drug-likeness (QED) is 0.119. The van der Waals surface area contributed by atoms with Crippen molar-refractivity contribution in [3.63, 3.8) is 0 Å². The van der Waals surface area contributed by atoms with E-state index in [1.807, 2.05) is 175 Å². The minimum absolute atomic E-state index is 0. The molecule has 3 fully saturated rings. The lowest BCUT2D eigenvalue weighted by Crippen LogP contribution is -2.32. The molecule has 24 heteroatoms. The smallest absolute Gasteiger partial charge is 0.190 e. The number of rotatable bonds is 1. The fraction of sp³-hybridized carbons (Fsp3) is 0.376. The molecule has 15 aromatic rings. The summed E-state index contributed by atoms with van der Waals surface area (Å²) >= 11 is 3.41. The van der Waals surface area contributed by atoms with Crippen LogP contribution in [0.1, 0.15) is 138 Å². The average molecular weight is 1640 g/mol. The summed E-state index contributed by atoms with van der Waals surface area (Å²) in [5, 5.41) is 20.0. The molecule has 0 unspecified atom stereocenters. The van der Waals surface area contributed by atoms with Gasteiger partial charge in [-0.2, -0.15) is 21.5 Å². The van der Waals surface area contributed by atoms with E-state index >= 15 is 0 Å². The van der Waals surface area contributed by atoms with Gasteiger partial charge in [0.05, 0.1) is 54.3 Å². The summed E-state index contributed by atoms with van der Waals surface area (Å²) in [5.41, 5.74) is 14.3. The van der Waals surface area contributed by atoms with Gasteiger partial charge in [0.2, 0.25) is 0 Å². The Kier molecular flexibility index (Phi) is 61.1. The molecule has 3 aromatic carbocycles. The van der Waals surface area contributed by atoms with Gasteiger partial charge in [-0.25, -0.2) is 24.9 Å². The molecule has 0 aliphatic carbocycles. The van der Waals surface area contributed by atoms with E-state index in [-0.39, 0.29) is 29.7 Å². The predicted octanol–water partition coefficient (Wildman–Crippen LogP) is 22.6. The van der Waals surface area contributed by atoms with Crippen LogP contribution >= 0.6 is 22.7 Å². The van der Waals surface area contributed by atoms with Gasteiger partial charge in [0.25, 0.3) is 0 Å². The maximum atomic E-state index is 5.10. The number of thiazole rings is 1. The van der Waals surface area contributed by atoms with Gasteiger partial charge >= 0.3 is 0 Å². The molecule has 0 atom stereocenters. The number of benzene rings is 3. The van der Waals surface area contributed by atoms with Crippen LogP contribution in [0.4, 0.5) is 0 Å². The zero-order valence-corrected chi connectivity index (χ0v) is 71.2. The van der Waals surface area contributed by atoms with E-state index in [9.17, 15) is 0 Å². The normalized spacial score (nSPS) is 12.3. The number of H-pyrrole nitrogens is 4. The Morgan fingerprint density at radius 3 is 1.50 bits per heavy atom. The number of likely N-dealkylation sites (tertiary alicyclic amines) is 2. The van der Waals surface area contributed by atoms with Crippen molar-refractivity contribution in [1.82, 2.24) is 89.1 Å². The Hall–Kier alpha value is -10.9. The van der Waals surface area contributed by atoms with Gasteiger partial charge < -0.3 is 47.8 Å². The third kappa shape index (κ3) is 53.1. The number of para-hydroxylation sites is 3. The highest BCUT2D eigenvalue weighted by atomic mass is 32.1. The Labute approximate surface area is 708 Å². The zero-order chi connectivity index (χ0) is 81.7. The first-order chi connectivity index (χ1) is 54.8. The lowest BCUT2D eigenvalue weighted by molar-refractivity contribution is 0.0503. The number of oxazole rings is 1. The molecule has 0 spiro atoms. The molecule has 4 aliphatic rings. The minimum Gasteiger partial charge on any atom is -0.472 e. The van der Waals surface area contributed by atoms with E-state index in [0.717, 1.165) is 83.9 Å². The largest absolute Gasteiger partial charge is 0.472 e. The standard InChI is InChI=1S/C9H9N.2C8H8N2.C7H9N.C7H8.C6H13N.C5H11NO.C5H11N.C5H7N.C5H6O.C5H6S.2C4H6N2.C4H5NO.C4H5NS.C3H5N3.4CH4/c1-7-6-10-9-5-3-2-4-8(7)9;1-6-5-10-8-7(6)3-2-4-9-8;1-6-9-7-4-2-3-5-8(7)10-6;1-2-7-5-3-4-6-8-7;2*1-7-5-3-2-4-6-7;1-6-2-4-7-5-3-6;1-6-4-2-3-5-6;1-5-3-2-4-6-5;2*1-5-2-3-6-4-5;1-6-3-2-5-4-6;1-4-2-3-5-6-4;2*1-4-5-2-3-6-4;1-6-3-4-2-5-6;;;;/h2-6,10H,1H3;2*2-5H,1H3,(H,9,10);3-6H,2H2,1H3;2-6H,1H3;2-6H2,1H3;2-5H2,1H3;2-5H2,1H3;2,4H,3H2,1H3;3*2-4H,1H3;2-3H,1H3,(H,5,6);3*2-3H,1H3;4*1H4. The van der Waals surface area contributed by atoms with Crippen molar-refractivity contribution in [2.45, 2.75) is 151 Å². The summed E-state index contributed by atoms with van der Waals surface area (Å²) in [6, 6.07) is 42.5. The zero-order valence-electron chi connectivity index (χ0n) is 69.5. The number of aromatic nitrogens is 15. The highest BCUT2D eigenvalue weighted by Gasteiger charge is 2.05. The van der Waals surface area contributed by atoms with Gasteiger partial charge in [0.1, 0.15) is 30.4 Å². The number of nitrogens with zero attached hydrogens (tertiary/aromatic N) is 15. The number of morpholine rings is 1. The number of pyridine rings is 2. The number of allylic oxidation sites excluding steroid dienone is 1. The fourth-order valence-electron chi connectivity index (χ4n) is 9.74. The molecule has 0 saturated carbocycles. The molecule has 0 bridgehead atoms. The monoisotopic (exact) mass is 1630 g/mol. The van der Waals surface area contributed by atoms with Crippen molar-refractivity contribution in [2.24, 2.45) is 19.1 Å². The molecule has 22 nitrogen and oxygen atoms in total. The van der Waals surface area contributed by atoms with Gasteiger partial charge in [0, 0.05) is 135 Å². The second-order valence-corrected chi connectivity index (χ2v) is 28.4. The van der Waals surface area contributed by atoms with Crippen molar-refractivity contribution in [3.05, 3.63) is 305 Å². The number of imidazole rings is 2. The molecule has 16 heterocycles. The lowest BCUT2D eigenvalue weighted by Gasteiger charge is -2.21. The van der Waals surface area contributed by atoms with E-state index in [0.29, 0.717) is 0 Å². The lowest BCUT2D eigenvalue weighted by atomic mass is 10.1. The predicted molar refractivity (Wildman–Crippen MR) is 498 cm³/mol. The van der Waals surface area contributed by atoms with Crippen LogP contribution < -0.4 is 0 Å². The van der Waals surface area contributed by atoms with E-state index < -0.39 is 0 Å². The highest BCUT2D eigenvalue weighted by molar-refractivity contribution is 7.09. The second kappa shape index (κ2) is 67.3. The number of piperidine rings is 1. The maximum Gasteiger partial charge on any atom is 0.190 e. The van der Waals surface area contributed by atoms with Crippen molar-refractivity contribution < 1.29 is 13.6 Å². The molecule has 19 rings (SSSR count). The van der Waals surface area contributed by atoms with Crippen LogP contribution in [-0.2, 0) is 25.3 Å². The molecule has 0 amide bonds. The Morgan fingerprint density at radius 1 is 0.521 bits per heavy atom. The van der Waals surface area contributed by atoms with Crippen molar-refractivity contribution in [2.75, 3.05) is 73.6 Å². The van der Waals surface area contributed by atoms with E-state index in [1.54, 1.807) is 96.7 Å². The molecular formula is C93H139N19O3S2. The van der Waals surface area contributed by atoms with Gasteiger partial charge in [0.15, 0.2) is 5.89 Å². The summed E-state index contributed by atoms with van der Waals surface area (Å²) in [5.74, 6) is 1.69. The minimum atomic E-state index is 0. The van der Waals surface area contributed by atoms with E-state index in [4.69, 9.17) is 13.6 Å². The maximum absolute atomic E-state index is 5.10. The number of hydrogen-bond acceptors (Lipinski definition) is 18. The Balaban J connectivity index is 0.00000123. The first kappa shape index (κ1) is 106. The van der Waals surface area contributed by atoms with E-state index in [1.165, 1.54) is 114 Å². The summed E-state index contributed by atoms with van der Waals surface area (Å²) in [4.78, 5) is 48.0. The van der Waals surface area contributed by atoms with E-state index in [2.05, 4.69) is 200 Å². The summed E-state index contributed by atoms with van der Waals surface area (Å²) in [7, 11) is 10.2. The van der Waals surface area contributed by atoms with Crippen LogP contribution in [0.25, 0.3) is 33.0 Å². The number of aromatic amines is 4. The van der Waals surface area contributed by atoms with Crippen molar-refractivity contribution >= 4 is 61.4 Å². The van der Waals surface area contributed by atoms with Gasteiger partial charge in [-0.05, 0) is 235 Å². The number of nitrogens with one attached hydrogen (secondary N) is 4. The van der Waals surface area contributed by atoms with Crippen LogP contribution in [0.15, 0.2) is 263 Å². The first-order valence-corrected chi connectivity index (χ1v) is 40.0. The third-order valence-corrected chi connectivity index (χ3v) is 17.7. The van der Waals surface area contributed by atoms with Crippen LogP contribution in [0.2, 0.25) is 0 Å². The molecule has 0 radical (unpaired) electrons. The molecule has 12 aromatic heterocycles. The molecule has 117 heavy (non-hydrogen) atoms. The number of fused-ring (bicyclic) bond motifs is 3. The Bertz CT molecular complexity index is 4170. The molecular weight excluding hydrogens is 1500 g/mol. The summed E-state index contributed by atoms with van der Waals surface area (Å²) in [6.45, 7) is 31.5. The highest BCUT2D eigenvalue weighted by Crippen LogP contribution is 2.16. The van der Waals surface area contributed by atoms with Crippen LogP contribution in [0.3, 0.4) is 0 Å². The number of furan rings is 1. The third-order valence-electron chi connectivity index (χ3n) is 16.2. The first-order valence-electron chi connectivity index (χ1n) is 38.2. The van der Waals surface area contributed by atoms with Crippen LogP contribution in [-0.4, -0.2) is 168 Å². The number of hydrogen-bond donors (Lipinski definition) is 4. The fourth-order valence-corrected chi connectivity index (χ4v) is 10.8. The van der Waals surface area contributed by atoms with Crippen LogP contribution in [0.5, 0.6) is 0 Å². The van der Waals surface area contributed by atoms with Gasteiger partial charge in [-0.3, -0.25) is 24.7 Å². The second-order valence-electron chi connectivity index (χ2n) is 26.5. The summed E-state index contributed by atoms with van der Waals surface area (Å²) < 4.78 is 18.1. The number of aryl methyl sites for hydroxylation is 12. The van der Waals surface area contributed by atoms with Gasteiger partial charge in [-0.15, -0.1) is 11.3 Å². The molecule has 4 N–H and O–H groups in total. The summed E-state index contributed by atoms with van der Waals surface area (Å²) in [6.07, 6.45) is 39.3. The molecule has 4 aliphatic heterocycles. The number of aliphatic imine (C=N–C) groups is 1.